The minimum Gasteiger partial charge on any atom is -0.385 e. The molecule has 1 aliphatic rings. The molecule has 126 valence electrons. The van der Waals surface area contributed by atoms with Crippen LogP contribution in [0.1, 0.15) is 29.8 Å². The molecule has 23 heavy (non-hydrogen) atoms. The lowest BCUT2D eigenvalue weighted by atomic mass is 9.88. The number of nitrogens with two attached hydrogens (primary N) is 2. The van der Waals surface area contributed by atoms with E-state index < -0.39 is 41.5 Å². The molecule has 2 rings (SSSR count). The smallest absolute Gasteiger partial charge is 0.385 e. The van der Waals surface area contributed by atoms with Crippen molar-refractivity contribution >= 4 is 11.7 Å². The van der Waals surface area contributed by atoms with E-state index in [2.05, 4.69) is 4.99 Å². The lowest BCUT2D eigenvalue weighted by Gasteiger charge is -2.41. The number of nitrogens with zero attached hydrogens (tertiary/aromatic N) is 1. The van der Waals surface area contributed by atoms with Crippen molar-refractivity contribution in [3.63, 3.8) is 0 Å². The average molecular weight is 333 g/mol. The van der Waals surface area contributed by atoms with Gasteiger partial charge in [-0.15, -0.1) is 0 Å². The highest BCUT2D eigenvalue weighted by atomic mass is 19.4. The first kappa shape index (κ1) is 17.2. The van der Waals surface area contributed by atoms with E-state index in [1.54, 1.807) is 0 Å². The zero-order valence-corrected chi connectivity index (χ0v) is 12.4. The molecule has 0 bridgehead atoms. The van der Waals surface area contributed by atoms with Crippen LogP contribution >= 0.6 is 0 Å². The first-order valence-corrected chi connectivity index (χ1v) is 6.57. The molecule has 9 heteroatoms. The summed E-state index contributed by atoms with van der Waals surface area (Å²) in [6, 6.07) is 3.29. The molecule has 0 aliphatic carbocycles. The first-order valence-electron chi connectivity index (χ1n) is 6.57. The number of primary amides is 1. The Labute approximate surface area is 129 Å². The van der Waals surface area contributed by atoms with Gasteiger partial charge in [0.05, 0.1) is 6.61 Å². The van der Waals surface area contributed by atoms with Crippen molar-refractivity contribution in [2.75, 3.05) is 6.61 Å². The highest BCUT2D eigenvalue weighted by molar-refractivity contribution is 5.93. The molecule has 2 unspecified atom stereocenters. The quantitative estimate of drug-likeness (QED) is 0.809. The van der Waals surface area contributed by atoms with Crippen LogP contribution in [0.2, 0.25) is 0 Å². The van der Waals surface area contributed by atoms with E-state index in [9.17, 15) is 22.4 Å². The molecule has 0 fully saturated rings. The zero-order chi connectivity index (χ0) is 17.6. The minimum atomic E-state index is -4.77. The van der Waals surface area contributed by atoms with Gasteiger partial charge in [0, 0.05) is 11.1 Å². The number of carbonyl (C=O) groups excluding carboxylic acids is 1. The van der Waals surface area contributed by atoms with Crippen LogP contribution in [0.4, 0.5) is 17.6 Å². The van der Waals surface area contributed by atoms with E-state index in [0.717, 1.165) is 19.1 Å². The average Bonchev–Trinajstić information content (AvgIpc) is 2.42. The Morgan fingerprint density at radius 3 is 2.43 bits per heavy atom. The molecule has 4 N–H and O–H groups in total. The summed E-state index contributed by atoms with van der Waals surface area (Å²) in [7, 11) is 0. The number of hydrogen-bond donors (Lipinski definition) is 2. The molecule has 0 saturated heterocycles. The number of aliphatic imine (C=N–C) groups is 1. The van der Waals surface area contributed by atoms with E-state index in [1.165, 1.54) is 13.0 Å². The standard InChI is InChI=1S/C14H15F4N3O2/c1-12(8-5-7(10(19)22)3-4-9(8)15)6-23-13(2,11(20)21-12)14(16,17)18/h3-5H,6H2,1-2H3,(H2,19,22)(H2,20,21). The van der Waals surface area contributed by atoms with Crippen LogP contribution in [0.3, 0.4) is 0 Å². The number of amidine groups is 1. The van der Waals surface area contributed by atoms with E-state index in [1.807, 2.05) is 0 Å². The second kappa shape index (κ2) is 5.19. The third-order valence-corrected chi connectivity index (χ3v) is 3.87. The maximum Gasteiger partial charge on any atom is 0.424 e. The molecule has 0 aromatic heterocycles. The number of ether oxygens (including phenoxy) is 1. The number of benzene rings is 1. The van der Waals surface area contributed by atoms with Gasteiger partial charge in [0.15, 0.2) is 0 Å². The summed E-state index contributed by atoms with van der Waals surface area (Å²) in [5, 5.41) is 0. The van der Waals surface area contributed by atoms with Crippen molar-refractivity contribution in [1.82, 2.24) is 0 Å². The van der Waals surface area contributed by atoms with Gasteiger partial charge in [0.2, 0.25) is 11.5 Å². The van der Waals surface area contributed by atoms with Gasteiger partial charge in [-0.1, -0.05) is 0 Å². The minimum absolute atomic E-state index is 0.000512. The molecular weight excluding hydrogens is 318 g/mol. The van der Waals surface area contributed by atoms with Gasteiger partial charge in [-0.25, -0.2) is 4.39 Å². The zero-order valence-electron chi connectivity index (χ0n) is 12.4. The molecule has 0 saturated carbocycles. The fraction of sp³-hybridized carbons (Fsp3) is 0.429. The summed E-state index contributed by atoms with van der Waals surface area (Å²) in [6.45, 7) is 1.55. The lowest BCUT2D eigenvalue weighted by molar-refractivity contribution is -0.249. The summed E-state index contributed by atoms with van der Waals surface area (Å²) >= 11 is 0. The molecular formula is C14H15F4N3O2. The summed E-state index contributed by atoms with van der Waals surface area (Å²) in [4.78, 5) is 15.0. The Bertz CT molecular complexity index is 689. The normalized spacial score (nSPS) is 28.3. The molecule has 5 nitrogen and oxygen atoms in total. The second-order valence-electron chi connectivity index (χ2n) is 5.65. The van der Waals surface area contributed by atoms with E-state index in [-0.39, 0.29) is 11.1 Å². The van der Waals surface area contributed by atoms with Crippen molar-refractivity contribution in [2.24, 2.45) is 16.5 Å². The Morgan fingerprint density at radius 2 is 1.96 bits per heavy atom. The van der Waals surface area contributed by atoms with Crippen LogP contribution in [0.5, 0.6) is 0 Å². The molecule has 1 aromatic carbocycles. The topological polar surface area (TPSA) is 90.7 Å². The van der Waals surface area contributed by atoms with Crippen molar-refractivity contribution < 1.29 is 27.1 Å². The molecule has 1 heterocycles. The summed E-state index contributed by atoms with van der Waals surface area (Å²) in [6.07, 6.45) is -4.77. The van der Waals surface area contributed by atoms with Crippen LogP contribution in [-0.4, -0.2) is 30.1 Å². The van der Waals surface area contributed by atoms with Gasteiger partial charge in [-0.3, -0.25) is 9.79 Å². The van der Waals surface area contributed by atoms with Gasteiger partial charge >= 0.3 is 6.18 Å². The molecule has 2 atom stereocenters. The SMILES string of the molecule is CC1(c2cc(C(N)=O)ccc2F)COC(C)(C(F)(F)F)C(N)=N1. The van der Waals surface area contributed by atoms with Crippen LogP contribution in [0.15, 0.2) is 23.2 Å². The fourth-order valence-corrected chi connectivity index (χ4v) is 2.22. The Balaban J connectivity index is 2.54. The van der Waals surface area contributed by atoms with Crippen LogP contribution in [0.25, 0.3) is 0 Å². The van der Waals surface area contributed by atoms with Gasteiger partial charge in [0.1, 0.15) is 17.2 Å². The summed E-state index contributed by atoms with van der Waals surface area (Å²) in [5.74, 6) is -2.38. The number of amides is 1. The number of alkyl halides is 3. The molecule has 1 aliphatic heterocycles. The first-order chi connectivity index (χ1) is 10.4. The van der Waals surface area contributed by atoms with Crippen LogP contribution in [0, 0.1) is 5.82 Å². The van der Waals surface area contributed by atoms with Crippen LogP contribution < -0.4 is 11.5 Å². The highest BCUT2D eigenvalue weighted by Crippen LogP contribution is 2.41. The largest absolute Gasteiger partial charge is 0.424 e. The predicted molar refractivity (Wildman–Crippen MR) is 74.3 cm³/mol. The highest BCUT2D eigenvalue weighted by Gasteiger charge is 2.59. The van der Waals surface area contributed by atoms with Crippen molar-refractivity contribution in [2.45, 2.75) is 31.2 Å². The lowest BCUT2D eigenvalue weighted by Crippen LogP contribution is -2.60. The number of rotatable bonds is 2. The third kappa shape index (κ3) is 2.76. The summed E-state index contributed by atoms with van der Waals surface area (Å²) < 4.78 is 58.2. The molecule has 1 amide bonds. The molecule has 0 spiro atoms. The predicted octanol–water partition coefficient (Wildman–Crippen LogP) is 1.85. The monoisotopic (exact) mass is 333 g/mol. The maximum atomic E-state index is 14.1. The van der Waals surface area contributed by atoms with Crippen LogP contribution in [-0.2, 0) is 10.3 Å². The molecule has 1 aromatic rings. The molecule has 0 radical (unpaired) electrons. The number of hydrogen-bond acceptors (Lipinski definition) is 4. The Morgan fingerprint density at radius 1 is 1.35 bits per heavy atom. The van der Waals surface area contributed by atoms with Gasteiger partial charge in [-0.05, 0) is 32.0 Å². The Hall–Kier alpha value is -2.16. The van der Waals surface area contributed by atoms with Gasteiger partial charge < -0.3 is 16.2 Å². The Kier molecular flexibility index (Phi) is 3.88. The van der Waals surface area contributed by atoms with E-state index in [4.69, 9.17) is 16.2 Å². The number of carbonyl (C=O) groups is 1. The van der Waals surface area contributed by atoms with Gasteiger partial charge in [-0.2, -0.15) is 13.2 Å². The summed E-state index contributed by atoms with van der Waals surface area (Å²) in [5.41, 5.74) is 6.20. The van der Waals surface area contributed by atoms with Gasteiger partial charge in [0.25, 0.3) is 0 Å². The fourth-order valence-electron chi connectivity index (χ4n) is 2.22. The van der Waals surface area contributed by atoms with E-state index in [0.29, 0.717) is 0 Å². The van der Waals surface area contributed by atoms with Crippen molar-refractivity contribution in [3.05, 3.63) is 35.1 Å². The second-order valence-corrected chi connectivity index (χ2v) is 5.65. The van der Waals surface area contributed by atoms with Crippen molar-refractivity contribution in [3.8, 4) is 0 Å². The maximum absolute atomic E-state index is 14.1. The van der Waals surface area contributed by atoms with Crippen molar-refractivity contribution in [1.29, 1.82) is 0 Å². The van der Waals surface area contributed by atoms with E-state index >= 15 is 0 Å². The third-order valence-electron chi connectivity index (χ3n) is 3.87. The number of halogens is 4.